The van der Waals surface area contributed by atoms with Gasteiger partial charge in [-0.3, -0.25) is 4.79 Å². The molecule has 0 saturated heterocycles. The van der Waals surface area contributed by atoms with Crippen molar-refractivity contribution >= 4 is 23.2 Å². The SMILES string of the molecule is Cc1c(-c2cc(C(F)(F)F)ccc2Cl)cc(-c2cc(Cl)ccc2O)[nH]c1=O. The fraction of sp³-hybridized carbons (Fsp3) is 0.105. The molecule has 2 N–H and O–H groups in total. The summed E-state index contributed by atoms with van der Waals surface area (Å²) in [7, 11) is 0. The molecule has 0 spiro atoms. The number of nitrogens with one attached hydrogen (secondary N) is 1. The lowest BCUT2D eigenvalue weighted by Crippen LogP contribution is -2.12. The molecular weight excluding hydrogens is 402 g/mol. The average molecular weight is 414 g/mol. The van der Waals surface area contributed by atoms with Crippen LogP contribution in [0, 0.1) is 6.92 Å². The number of hydrogen-bond acceptors (Lipinski definition) is 2. The van der Waals surface area contributed by atoms with Crippen molar-refractivity contribution in [1.82, 2.24) is 4.98 Å². The molecule has 3 nitrogen and oxygen atoms in total. The lowest BCUT2D eigenvalue weighted by atomic mass is 9.97. The largest absolute Gasteiger partial charge is 0.507 e. The molecular formula is C19H12Cl2F3NO2. The second-order valence-electron chi connectivity index (χ2n) is 5.90. The van der Waals surface area contributed by atoms with E-state index in [9.17, 15) is 23.1 Å². The third-order valence-corrected chi connectivity index (χ3v) is 4.68. The van der Waals surface area contributed by atoms with Crippen molar-refractivity contribution in [3.05, 3.63) is 74.0 Å². The molecule has 0 unspecified atom stereocenters. The van der Waals surface area contributed by atoms with E-state index in [4.69, 9.17) is 23.2 Å². The van der Waals surface area contributed by atoms with Gasteiger partial charge in [0.25, 0.3) is 5.56 Å². The Morgan fingerprint density at radius 1 is 0.963 bits per heavy atom. The van der Waals surface area contributed by atoms with Crippen molar-refractivity contribution in [2.24, 2.45) is 0 Å². The van der Waals surface area contributed by atoms with Crippen molar-refractivity contribution < 1.29 is 18.3 Å². The summed E-state index contributed by atoms with van der Waals surface area (Å²) in [5, 5.41) is 10.4. The lowest BCUT2D eigenvalue weighted by Gasteiger charge is -2.14. The van der Waals surface area contributed by atoms with Crippen LogP contribution in [0.5, 0.6) is 5.75 Å². The van der Waals surface area contributed by atoms with E-state index in [1.807, 2.05) is 0 Å². The van der Waals surface area contributed by atoms with Crippen molar-refractivity contribution in [2.75, 3.05) is 0 Å². The van der Waals surface area contributed by atoms with Crippen LogP contribution in [0.2, 0.25) is 10.0 Å². The number of benzene rings is 2. The first kappa shape index (κ1) is 19.3. The number of hydrogen-bond donors (Lipinski definition) is 2. The van der Waals surface area contributed by atoms with Crippen molar-refractivity contribution in [2.45, 2.75) is 13.1 Å². The van der Waals surface area contributed by atoms with E-state index in [1.54, 1.807) is 0 Å². The molecule has 8 heteroatoms. The Morgan fingerprint density at radius 3 is 2.33 bits per heavy atom. The molecule has 140 valence electrons. The first-order valence-electron chi connectivity index (χ1n) is 7.68. The van der Waals surface area contributed by atoms with Crippen LogP contribution in [-0.4, -0.2) is 10.1 Å². The Labute approximate surface area is 162 Å². The van der Waals surface area contributed by atoms with E-state index in [-0.39, 0.29) is 38.7 Å². The Kier molecular flexibility index (Phi) is 4.97. The number of pyridine rings is 1. The Hall–Kier alpha value is -2.44. The van der Waals surface area contributed by atoms with Gasteiger partial charge >= 0.3 is 6.18 Å². The van der Waals surface area contributed by atoms with Crippen LogP contribution in [-0.2, 0) is 6.18 Å². The summed E-state index contributed by atoms with van der Waals surface area (Å²) in [5.74, 6) is -0.139. The maximum atomic E-state index is 13.1. The molecule has 0 amide bonds. The van der Waals surface area contributed by atoms with Gasteiger partial charge in [-0.05, 0) is 55.0 Å². The topological polar surface area (TPSA) is 53.1 Å². The highest BCUT2D eigenvalue weighted by Crippen LogP contribution is 2.38. The lowest BCUT2D eigenvalue weighted by molar-refractivity contribution is -0.137. The van der Waals surface area contributed by atoms with E-state index in [0.29, 0.717) is 5.02 Å². The monoisotopic (exact) mass is 413 g/mol. The van der Waals surface area contributed by atoms with Crippen LogP contribution < -0.4 is 5.56 Å². The van der Waals surface area contributed by atoms with Gasteiger partial charge in [-0.2, -0.15) is 13.2 Å². The molecule has 0 aliphatic rings. The number of aromatic nitrogens is 1. The second kappa shape index (κ2) is 6.94. The minimum atomic E-state index is -4.55. The zero-order valence-electron chi connectivity index (χ0n) is 13.8. The molecule has 3 aromatic rings. The fourth-order valence-electron chi connectivity index (χ4n) is 2.68. The van der Waals surface area contributed by atoms with Crippen LogP contribution in [0.4, 0.5) is 13.2 Å². The fourth-order valence-corrected chi connectivity index (χ4v) is 3.08. The molecule has 2 aromatic carbocycles. The van der Waals surface area contributed by atoms with Crippen LogP contribution in [0.15, 0.2) is 47.3 Å². The molecule has 0 aliphatic heterocycles. The van der Waals surface area contributed by atoms with Crippen LogP contribution in [0.3, 0.4) is 0 Å². The number of alkyl halides is 3. The summed E-state index contributed by atoms with van der Waals surface area (Å²) in [6.45, 7) is 1.48. The smallest absolute Gasteiger partial charge is 0.416 e. The normalized spacial score (nSPS) is 11.6. The Balaban J connectivity index is 2.28. The van der Waals surface area contributed by atoms with Crippen molar-refractivity contribution in [3.8, 4) is 28.1 Å². The number of H-pyrrole nitrogens is 1. The molecule has 1 heterocycles. The van der Waals surface area contributed by atoms with Crippen LogP contribution >= 0.6 is 23.2 Å². The zero-order valence-corrected chi connectivity index (χ0v) is 15.3. The van der Waals surface area contributed by atoms with E-state index < -0.39 is 17.3 Å². The molecule has 0 aliphatic carbocycles. The molecule has 0 radical (unpaired) electrons. The van der Waals surface area contributed by atoms with Gasteiger partial charge in [0.2, 0.25) is 0 Å². The number of aromatic hydroxyl groups is 1. The van der Waals surface area contributed by atoms with Crippen LogP contribution in [0.1, 0.15) is 11.1 Å². The van der Waals surface area contributed by atoms with Gasteiger partial charge in [-0.25, -0.2) is 0 Å². The molecule has 27 heavy (non-hydrogen) atoms. The Bertz CT molecular complexity index is 1090. The number of halogens is 5. The third-order valence-electron chi connectivity index (χ3n) is 4.11. The van der Waals surface area contributed by atoms with Gasteiger partial charge < -0.3 is 10.1 Å². The molecule has 0 bridgehead atoms. The highest BCUT2D eigenvalue weighted by atomic mass is 35.5. The van der Waals surface area contributed by atoms with Gasteiger partial charge in [0.05, 0.1) is 11.3 Å². The minimum absolute atomic E-state index is 0.0675. The summed E-state index contributed by atoms with van der Waals surface area (Å²) in [4.78, 5) is 15.0. The first-order valence-corrected chi connectivity index (χ1v) is 8.43. The number of phenols is 1. The maximum Gasteiger partial charge on any atom is 0.416 e. The van der Waals surface area contributed by atoms with Crippen molar-refractivity contribution in [3.63, 3.8) is 0 Å². The van der Waals surface area contributed by atoms with Gasteiger partial charge in [-0.15, -0.1) is 0 Å². The number of aromatic amines is 1. The first-order chi connectivity index (χ1) is 12.6. The summed E-state index contributed by atoms with van der Waals surface area (Å²) in [5.41, 5.74) is -0.467. The van der Waals surface area contributed by atoms with Gasteiger partial charge in [0.1, 0.15) is 5.75 Å². The summed E-state index contributed by atoms with van der Waals surface area (Å²) < 4.78 is 39.2. The standard InChI is InChI=1S/C19H12Cl2F3NO2/c1-9-12(13-6-10(19(22,23)24)2-4-15(13)21)8-16(25-18(9)27)14-7-11(20)3-5-17(14)26/h2-8,26H,1H3,(H,25,27). The predicted octanol–water partition coefficient (Wildman–Crippen LogP) is 6.05. The molecule has 3 rings (SSSR count). The number of phenolic OH excluding ortho intramolecular Hbond substituents is 1. The highest BCUT2D eigenvalue weighted by molar-refractivity contribution is 6.33. The number of rotatable bonds is 2. The average Bonchev–Trinajstić information content (AvgIpc) is 2.59. The minimum Gasteiger partial charge on any atom is -0.507 e. The van der Waals surface area contributed by atoms with E-state index in [0.717, 1.165) is 18.2 Å². The zero-order chi connectivity index (χ0) is 19.9. The Morgan fingerprint density at radius 2 is 1.67 bits per heavy atom. The second-order valence-corrected chi connectivity index (χ2v) is 6.75. The van der Waals surface area contributed by atoms with Gasteiger partial charge in [0.15, 0.2) is 0 Å². The van der Waals surface area contributed by atoms with E-state index >= 15 is 0 Å². The van der Waals surface area contributed by atoms with Crippen LogP contribution in [0.25, 0.3) is 22.4 Å². The third kappa shape index (κ3) is 3.82. The highest BCUT2D eigenvalue weighted by Gasteiger charge is 2.31. The van der Waals surface area contributed by atoms with E-state index in [2.05, 4.69) is 4.98 Å². The molecule has 0 saturated carbocycles. The van der Waals surface area contributed by atoms with Crippen molar-refractivity contribution in [1.29, 1.82) is 0 Å². The van der Waals surface area contributed by atoms with Gasteiger partial charge in [-0.1, -0.05) is 23.2 Å². The predicted molar refractivity (Wildman–Crippen MR) is 99.4 cm³/mol. The maximum absolute atomic E-state index is 13.1. The molecule has 0 fully saturated rings. The summed E-state index contributed by atoms with van der Waals surface area (Å²) >= 11 is 12.1. The molecule has 0 atom stereocenters. The quantitative estimate of drug-likeness (QED) is 0.537. The molecule has 1 aromatic heterocycles. The summed E-state index contributed by atoms with van der Waals surface area (Å²) in [6.07, 6.45) is -4.55. The van der Waals surface area contributed by atoms with Gasteiger partial charge in [0, 0.05) is 26.7 Å². The van der Waals surface area contributed by atoms with E-state index in [1.165, 1.54) is 31.2 Å². The summed E-state index contributed by atoms with van der Waals surface area (Å²) in [6, 6.07) is 8.63.